The number of hydrogen-bond acceptors (Lipinski definition) is 9. The number of nitrogens with zero attached hydrogens (tertiary/aromatic N) is 3. The Hall–Kier alpha value is -3.48. The van der Waals surface area contributed by atoms with Crippen LogP contribution < -0.4 is 14.2 Å². The van der Waals surface area contributed by atoms with E-state index < -0.39 is 28.6 Å². The predicted octanol–water partition coefficient (Wildman–Crippen LogP) is 3.47. The van der Waals surface area contributed by atoms with E-state index in [9.17, 15) is 15.8 Å². The predicted molar refractivity (Wildman–Crippen MR) is 110 cm³/mol. The minimum Gasteiger partial charge on any atom is -0.493 e. The first-order chi connectivity index (χ1) is 15.3. The normalized spacial score (nSPS) is 34.2. The van der Waals surface area contributed by atoms with Gasteiger partial charge in [0.2, 0.25) is 22.8 Å². The number of methoxy groups -OCH3 is 3. The van der Waals surface area contributed by atoms with Crippen molar-refractivity contribution in [2.75, 3.05) is 21.3 Å². The lowest BCUT2D eigenvalue weighted by Crippen LogP contribution is -2.60. The monoisotopic (exact) mass is 436 g/mol. The van der Waals surface area contributed by atoms with Gasteiger partial charge in [0.15, 0.2) is 16.9 Å². The molecule has 5 unspecified atom stereocenters. The molecule has 2 heterocycles. The minimum absolute atomic E-state index is 0.242. The van der Waals surface area contributed by atoms with Crippen LogP contribution in [0.3, 0.4) is 0 Å². The third-order valence-corrected chi connectivity index (χ3v) is 7.16. The molecule has 3 aliphatic rings. The van der Waals surface area contributed by atoms with E-state index in [1.807, 2.05) is 6.92 Å². The fourth-order valence-corrected chi connectivity index (χ4v) is 5.58. The Labute approximate surface area is 186 Å². The fourth-order valence-electron chi connectivity index (χ4n) is 5.58. The van der Waals surface area contributed by atoms with Crippen molar-refractivity contribution < 1.29 is 23.7 Å². The maximum Gasteiger partial charge on any atom is 0.217 e. The Morgan fingerprint density at radius 2 is 1.66 bits per heavy atom. The van der Waals surface area contributed by atoms with Crippen molar-refractivity contribution in [3.8, 4) is 35.5 Å². The molecule has 0 radical (unpaired) electrons. The first-order valence-electron chi connectivity index (χ1n) is 10.3. The van der Waals surface area contributed by atoms with Crippen LogP contribution in [-0.4, -0.2) is 33.0 Å². The van der Waals surface area contributed by atoms with E-state index in [0.717, 1.165) is 6.42 Å². The molecule has 166 valence electrons. The van der Waals surface area contributed by atoms with Gasteiger partial charge in [0, 0.05) is 6.42 Å². The van der Waals surface area contributed by atoms with Crippen LogP contribution in [0.2, 0.25) is 0 Å². The van der Waals surface area contributed by atoms with E-state index in [1.165, 1.54) is 21.3 Å². The van der Waals surface area contributed by atoms with Gasteiger partial charge < -0.3 is 23.7 Å². The van der Waals surface area contributed by atoms with Gasteiger partial charge in [-0.05, 0) is 36.5 Å². The van der Waals surface area contributed by atoms with Crippen molar-refractivity contribution in [3.05, 3.63) is 17.7 Å². The average Bonchev–Trinajstić information content (AvgIpc) is 3.01. The van der Waals surface area contributed by atoms with Crippen LogP contribution >= 0.6 is 0 Å². The second-order valence-electron chi connectivity index (χ2n) is 8.58. The van der Waals surface area contributed by atoms with E-state index in [-0.39, 0.29) is 11.8 Å². The molecule has 3 fully saturated rings. The van der Waals surface area contributed by atoms with Gasteiger partial charge in [-0.1, -0.05) is 6.92 Å². The zero-order valence-electron chi connectivity index (χ0n) is 18.4. The lowest BCUT2D eigenvalue weighted by molar-refractivity contribution is -0.298. The molecule has 1 saturated carbocycles. The van der Waals surface area contributed by atoms with Crippen LogP contribution in [0, 0.1) is 62.1 Å². The zero-order chi connectivity index (χ0) is 23.3. The number of rotatable bonds is 4. The number of nitriles is 3. The van der Waals surface area contributed by atoms with E-state index in [4.69, 9.17) is 29.1 Å². The molecule has 2 saturated heterocycles. The van der Waals surface area contributed by atoms with Gasteiger partial charge in [0.1, 0.15) is 6.10 Å². The molecule has 1 aliphatic carbocycles. The number of ether oxygens (including phenoxy) is 5. The molecule has 2 aliphatic heterocycles. The van der Waals surface area contributed by atoms with Gasteiger partial charge in [0.05, 0.1) is 45.5 Å². The van der Waals surface area contributed by atoms with Crippen LogP contribution in [0.4, 0.5) is 0 Å². The van der Waals surface area contributed by atoms with Crippen molar-refractivity contribution in [2.45, 2.75) is 38.1 Å². The first kappa shape index (κ1) is 21.7. The molecule has 9 nitrogen and oxygen atoms in total. The molecule has 1 aromatic carbocycles. The largest absolute Gasteiger partial charge is 0.493 e. The van der Waals surface area contributed by atoms with Crippen LogP contribution in [-0.2, 0) is 9.47 Å². The Kier molecular flexibility index (Phi) is 4.95. The lowest BCUT2D eigenvalue weighted by atomic mass is 9.50. The molecule has 9 heteroatoms. The summed E-state index contributed by atoms with van der Waals surface area (Å²) in [7, 11) is 4.39. The summed E-state index contributed by atoms with van der Waals surface area (Å²) in [5.74, 6) is -0.999. The Morgan fingerprint density at radius 3 is 2.16 bits per heavy atom. The minimum atomic E-state index is -2.02. The summed E-state index contributed by atoms with van der Waals surface area (Å²) in [5.41, 5.74) is -3.39. The van der Waals surface area contributed by atoms with E-state index in [0.29, 0.717) is 35.7 Å². The first-order valence-corrected chi connectivity index (χ1v) is 10.3. The highest BCUT2D eigenvalue weighted by molar-refractivity contribution is 5.89. The molecule has 0 aromatic heterocycles. The maximum atomic E-state index is 10.4. The highest BCUT2D eigenvalue weighted by atomic mass is 16.7. The summed E-state index contributed by atoms with van der Waals surface area (Å²) in [5, 5.41) is 39.8. The van der Waals surface area contributed by atoms with Crippen LogP contribution in [0.15, 0.2) is 12.1 Å². The molecule has 2 bridgehead atoms. The summed E-state index contributed by atoms with van der Waals surface area (Å²) in [6, 6.07) is 9.53. The molecule has 0 spiro atoms. The average molecular weight is 436 g/mol. The number of nitrogens with one attached hydrogen (secondary N) is 1. The van der Waals surface area contributed by atoms with Crippen molar-refractivity contribution in [1.29, 1.82) is 21.2 Å². The quantitative estimate of drug-likeness (QED) is 0.756. The van der Waals surface area contributed by atoms with Gasteiger partial charge in [-0.25, -0.2) is 0 Å². The van der Waals surface area contributed by atoms with Gasteiger partial charge in [-0.3, -0.25) is 5.41 Å². The van der Waals surface area contributed by atoms with Crippen molar-refractivity contribution in [1.82, 2.24) is 0 Å². The molecule has 5 atom stereocenters. The number of benzene rings is 1. The third-order valence-electron chi connectivity index (χ3n) is 7.16. The van der Waals surface area contributed by atoms with E-state index in [2.05, 4.69) is 18.2 Å². The molecule has 32 heavy (non-hydrogen) atoms. The summed E-state index contributed by atoms with van der Waals surface area (Å²) in [4.78, 5) is 0. The zero-order valence-corrected chi connectivity index (χ0v) is 18.4. The Balaban J connectivity index is 2.00. The smallest absolute Gasteiger partial charge is 0.217 e. The van der Waals surface area contributed by atoms with Crippen molar-refractivity contribution >= 4 is 5.90 Å². The second kappa shape index (κ2) is 7.29. The molecule has 4 rings (SSSR count). The molecule has 0 amide bonds. The summed E-state index contributed by atoms with van der Waals surface area (Å²) in [6.45, 7) is 2.05. The summed E-state index contributed by atoms with van der Waals surface area (Å²) < 4.78 is 28.7. The van der Waals surface area contributed by atoms with E-state index in [1.54, 1.807) is 12.1 Å². The summed E-state index contributed by atoms with van der Waals surface area (Å²) in [6.07, 6.45) is 0.569. The van der Waals surface area contributed by atoms with Crippen molar-refractivity contribution in [3.63, 3.8) is 0 Å². The molecular weight excluding hydrogens is 412 g/mol. The van der Waals surface area contributed by atoms with Gasteiger partial charge in [-0.2, -0.15) is 15.8 Å². The Bertz CT molecular complexity index is 1060. The topological polar surface area (TPSA) is 141 Å². The lowest BCUT2D eigenvalue weighted by Gasteiger charge is -2.52. The van der Waals surface area contributed by atoms with Gasteiger partial charge in [0.25, 0.3) is 0 Å². The standard InChI is InChI=1S/C23H24N4O5/c1-13-5-6-23-17(7-13)22(12-26,20(27)32-23)21(10-24,11-25)19(31-23)14-8-15(28-2)18(30-4)16(9-14)29-3/h8-9,13,17,19,27H,5-7H2,1-4H3. The highest BCUT2D eigenvalue weighted by Crippen LogP contribution is 2.70. The molecular formula is C23H24N4O5. The van der Waals surface area contributed by atoms with Crippen molar-refractivity contribution in [2.24, 2.45) is 22.7 Å². The van der Waals surface area contributed by atoms with Crippen LogP contribution in [0.25, 0.3) is 0 Å². The van der Waals surface area contributed by atoms with Gasteiger partial charge >= 0.3 is 0 Å². The SMILES string of the molecule is COc1cc(C2OC34CCC(C)CC3C(C#N)(C(=N)O4)C2(C#N)C#N)cc(OC)c1OC. The van der Waals surface area contributed by atoms with Crippen LogP contribution in [0.5, 0.6) is 17.2 Å². The fraction of sp³-hybridized carbons (Fsp3) is 0.565. The van der Waals surface area contributed by atoms with Crippen LogP contribution in [0.1, 0.15) is 37.9 Å². The Morgan fingerprint density at radius 1 is 1.03 bits per heavy atom. The third kappa shape index (κ3) is 2.42. The highest BCUT2D eigenvalue weighted by Gasteiger charge is 2.80. The molecule has 1 N–H and O–H groups in total. The summed E-state index contributed by atoms with van der Waals surface area (Å²) >= 11 is 0. The maximum absolute atomic E-state index is 10.4. The second-order valence-corrected chi connectivity index (χ2v) is 8.58. The van der Waals surface area contributed by atoms with Gasteiger partial charge in [-0.15, -0.1) is 0 Å². The van der Waals surface area contributed by atoms with E-state index >= 15 is 0 Å². The number of hydrogen-bond donors (Lipinski definition) is 1. The molecule has 1 aromatic rings.